The van der Waals surface area contributed by atoms with Gasteiger partial charge in [0, 0.05) is 13.2 Å². The van der Waals surface area contributed by atoms with Crippen LogP contribution in [-0.2, 0) is 9.53 Å². The van der Waals surface area contributed by atoms with Crippen LogP contribution in [0.3, 0.4) is 0 Å². The van der Waals surface area contributed by atoms with Crippen LogP contribution in [-0.4, -0.2) is 48.6 Å². The summed E-state index contributed by atoms with van der Waals surface area (Å²) in [5.74, 6) is -0.838. The lowest BCUT2D eigenvalue weighted by Gasteiger charge is -2.19. The number of aliphatic hydroxyl groups excluding tert-OH is 1. The molecule has 0 spiro atoms. The number of carboxylic acids is 1. The average molecular weight is 177 g/mol. The summed E-state index contributed by atoms with van der Waals surface area (Å²) >= 11 is 0. The van der Waals surface area contributed by atoms with Crippen molar-refractivity contribution >= 4 is 5.97 Å². The zero-order valence-electron chi connectivity index (χ0n) is 7.12. The maximum Gasteiger partial charge on any atom is 0.323 e. The molecular weight excluding hydrogens is 162 g/mol. The molecule has 0 aliphatic carbocycles. The summed E-state index contributed by atoms with van der Waals surface area (Å²) in [6.07, 6.45) is 0. The Morgan fingerprint density at radius 3 is 2.58 bits per heavy atom. The van der Waals surface area contributed by atoms with Gasteiger partial charge in [0.15, 0.2) is 0 Å². The van der Waals surface area contributed by atoms with Crippen molar-refractivity contribution in [1.29, 1.82) is 0 Å². The minimum atomic E-state index is -0.838. The molecule has 5 nitrogen and oxygen atoms in total. The topological polar surface area (TPSA) is 78.8 Å². The van der Waals surface area contributed by atoms with E-state index in [1.165, 1.54) is 0 Å². The number of carboxylic acid groups (broad SMARTS) is 1. The molecule has 0 aromatic carbocycles. The lowest BCUT2D eigenvalue weighted by molar-refractivity contribution is -0.142. The van der Waals surface area contributed by atoms with Gasteiger partial charge in [0.1, 0.15) is 6.04 Å². The Kier molecular flexibility index (Phi) is 6.64. The van der Waals surface area contributed by atoms with Gasteiger partial charge in [-0.2, -0.15) is 0 Å². The van der Waals surface area contributed by atoms with E-state index >= 15 is 0 Å². The fourth-order valence-corrected chi connectivity index (χ4v) is 0.724. The smallest absolute Gasteiger partial charge is 0.323 e. The molecule has 1 aliphatic heterocycles. The summed E-state index contributed by atoms with van der Waals surface area (Å²) in [6, 6.07) is -0.501. The van der Waals surface area contributed by atoms with Crippen LogP contribution in [0.5, 0.6) is 0 Å². The van der Waals surface area contributed by atoms with Crippen molar-refractivity contribution in [2.45, 2.75) is 13.0 Å². The van der Waals surface area contributed by atoms with Crippen LogP contribution in [0.25, 0.3) is 0 Å². The van der Waals surface area contributed by atoms with Gasteiger partial charge in [-0.15, -0.1) is 0 Å². The van der Waals surface area contributed by atoms with Gasteiger partial charge in [-0.3, -0.25) is 4.79 Å². The first kappa shape index (κ1) is 11.4. The summed E-state index contributed by atoms with van der Waals surface area (Å²) in [4.78, 5) is 10.2. The number of hydrogen-bond acceptors (Lipinski definition) is 4. The molecule has 0 saturated carbocycles. The van der Waals surface area contributed by atoms with Crippen molar-refractivity contribution in [2.24, 2.45) is 0 Å². The van der Waals surface area contributed by atoms with E-state index in [1.54, 1.807) is 6.92 Å². The Labute approximate surface area is 71.3 Å². The number of carbonyl (C=O) groups is 1. The number of rotatable bonds is 1. The maximum atomic E-state index is 10.2. The number of morpholine rings is 1. The molecule has 1 atom stereocenters. The summed E-state index contributed by atoms with van der Waals surface area (Å²) in [6.45, 7) is 3.47. The van der Waals surface area contributed by atoms with Gasteiger partial charge in [0.05, 0.1) is 13.2 Å². The fourth-order valence-electron chi connectivity index (χ4n) is 0.724. The molecule has 1 aliphatic rings. The van der Waals surface area contributed by atoms with E-state index in [9.17, 15) is 4.79 Å². The first-order chi connectivity index (χ1) is 5.72. The van der Waals surface area contributed by atoms with E-state index < -0.39 is 12.0 Å². The van der Waals surface area contributed by atoms with E-state index in [2.05, 4.69) is 5.32 Å². The van der Waals surface area contributed by atoms with Crippen LogP contribution in [0, 0.1) is 0 Å². The highest BCUT2D eigenvalue weighted by molar-refractivity contribution is 5.73. The molecule has 12 heavy (non-hydrogen) atoms. The van der Waals surface area contributed by atoms with Gasteiger partial charge in [-0.25, -0.2) is 0 Å². The van der Waals surface area contributed by atoms with Crippen LogP contribution in [0.4, 0.5) is 0 Å². The van der Waals surface area contributed by atoms with Gasteiger partial charge in [-0.05, 0) is 6.92 Å². The molecule has 1 saturated heterocycles. The molecule has 1 fully saturated rings. The van der Waals surface area contributed by atoms with Crippen molar-refractivity contribution in [3.8, 4) is 0 Å². The van der Waals surface area contributed by atoms with E-state index in [4.69, 9.17) is 14.9 Å². The second-order valence-electron chi connectivity index (χ2n) is 2.24. The normalized spacial score (nSPS) is 22.3. The molecule has 1 rings (SSSR count). The molecule has 0 aromatic rings. The van der Waals surface area contributed by atoms with Gasteiger partial charge in [-0.1, -0.05) is 0 Å². The summed E-state index contributed by atoms with van der Waals surface area (Å²) in [5, 5.41) is 18.8. The van der Waals surface area contributed by atoms with Crippen molar-refractivity contribution in [2.75, 3.05) is 26.4 Å². The molecule has 0 bridgehead atoms. The first-order valence-electron chi connectivity index (χ1n) is 3.87. The van der Waals surface area contributed by atoms with E-state index in [0.717, 1.165) is 0 Å². The third kappa shape index (κ3) is 5.06. The molecule has 72 valence electrons. The number of aliphatic hydroxyl groups is 1. The Morgan fingerprint density at radius 2 is 2.33 bits per heavy atom. The van der Waals surface area contributed by atoms with Crippen LogP contribution in [0.1, 0.15) is 6.92 Å². The molecule has 0 amide bonds. The Balaban J connectivity index is 0.000000354. The molecule has 0 radical (unpaired) electrons. The minimum absolute atomic E-state index is 0.250. The Hall–Kier alpha value is -0.650. The SMILES string of the molecule is CCO.O=C(O)C1COCCN1. The van der Waals surface area contributed by atoms with Crippen molar-refractivity contribution in [3.05, 3.63) is 0 Å². The predicted molar refractivity (Wildman–Crippen MR) is 43.0 cm³/mol. The quantitative estimate of drug-likeness (QED) is 0.481. The molecule has 0 aromatic heterocycles. The highest BCUT2D eigenvalue weighted by atomic mass is 16.5. The van der Waals surface area contributed by atoms with Crippen LogP contribution in [0.15, 0.2) is 0 Å². The van der Waals surface area contributed by atoms with Gasteiger partial charge < -0.3 is 20.3 Å². The largest absolute Gasteiger partial charge is 0.480 e. The van der Waals surface area contributed by atoms with Crippen molar-refractivity contribution in [3.63, 3.8) is 0 Å². The monoisotopic (exact) mass is 177 g/mol. The lowest BCUT2D eigenvalue weighted by Crippen LogP contribution is -2.46. The highest BCUT2D eigenvalue weighted by Gasteiger charge is 2.19. The van der Waals surface area contributed by atoms with Crippen LogP contribution >= 0.6 is 0 Å². The minimum Gasteiger partial charge on any atom is -0.480 e. The second-order valence-corrected chi connectivity index (χ2v) is 2.24. The predicted octanol–water partition coefficient (Wildman–Crippen LogP) is -0.942. The fraction of sp³-hybridized carbons (Fsp3) is 0.857. The third-order valence-electron chi connectivity index (χ3n) is 1.22. The van der Waals surface area contributed by atoms with Gasteiger partial charge >= 0.3 is 5.97 Å². The number of hydrogen-bond donors (Lipinski definition) is 3. The summed E-state index contributed by atoms with van der Waals surface area (Å²) < 4.78 is 4.90. The van der Waals surface area contributed by atoms with Crippen molar-refractivity contribution < 1.29 is 19.7 Å². The standard InChI is InChI=1S/C5H9NO3.C2H6O/c7-5(8)4-3-9-2-1-6-4;1-2-3/h4,6H,1-3H2,(H,7,8);3H,2H2,1H3. The summed E-state index contributed by atoms with van der Waals surface area (Å²) in [7, 11) is 0. The zero-order chi connectivity index (χ0) is 9.40. The van der Waals surface area contributed by atoms with Crippen LogP contribution in [0.2, 0.25) is 0 Å². The third-order valence-corrected chi connectivity index (χ3v) is 1.22. The van der Waals surface area contributed by atoms with E-state index in [-0.39, 0.29) is 13.2 Å². The van der Waals surface area contributed by atoms with Crippen LogP contribution < -0.4 is 5.32 Å². The summed E-state index contributed by atoms with van der Waals surface area (Å²) in [5.41, 5.74) is 0. The van der Waals surface area contributed by atoms with Gasteiger partial charge in [0.25, 0.3) is 0 Å². The number of nitrogens with one attached hydrogen (secondary N) is 1. The molecule has 5 heteroatoms. The molecular formula is C7H15NO4. The Morgan fingerprint density at radius 1 is 1.75 bits per heavy atom. The molecule has 3 N–H and O–H groups in total. The molecule has 1 heterocycles. The average Bonchev–Trinajstić information content (AvgIpc) is 2.07. The maximum absolute atomic E-state index is 10.2. The first-order valence-corrected chi connectivity index (χ1v) is 3.87. The zero-order valence-corrected chi connectivity index (χ0v) is 7.12. The Bertz CT molecular complexity index is 123. The van der Waals surface area contributed by atoms with Crippen molar-refractivity contribution in [1.82, 2.24) is 5.32 Å². The van der Waals surface area contributed by atoms with E-state index in [0.29, 0.717) is 13.2 Å². The van der Waals surface area contributed by atoms with Gasteiger partial charge in [0.2, 0.25) is 0 Å². The molecule has 1 unspecified atom stereocenters. The number of aliphatic carboxylic acids is 1. The van der Waals surface area contributed by atoms with E-state index in [1.807, 2.05) is 0 Å². The lowest BCUT2D eigenvalue weighted by atomic mass is 10.3. The number of ether oxygens (including phenoxy) is 1. The second kappa shape index (κ2) is 7.02. The highest BCUT2D eigenvalue weighted by Crippen LogP contribution is 1.91.